The molecule has 6 heteroatoms. The zero-order valence-electron chi connectivity index (χ0n) is 14.3. The van der Waals surface area contributed by atoms with Crippen LogP contribution in [0, 0.1) is 0 Å². The van der Waals surface area contributed by atoms with E-state index in [1.807, 2.05) is 36.1 Å². The lowest BCUT2D eigenvalue weighted by Crippen LogP contribution is -2.27. The summed E-state index contributed by atoms with van der Waals surface area (Å²) >= 11 is 0. The van der Waals surface area contributed by atoms with Gasteiger partial charge < -0.3 is 14.6 Å². The zero-order valence-corrected chi connectivity index (χ0v) is 14.3. The quantitative estimate of drug-likeness (QED) is 0.794. The Morgan fingerprint density at radius 3 is 2.79 bits per heavy atom. The Labute approximate surface area is 142 Å². The number of amides is 1. The molecule has 1 N–H and O–H groups in total. The maximum atomic E-state index is 12.4. The van der Waals surface area contributed by atoms with Gasteiger partial charge in [0.1, 0.15) is 11.4 Å². The average molecular weight is 330 g/mol. The predicted octanol–water partition coefficient (Wildman–Crippen LogP) is 2.68. The number of nitrogens with zero attached hydrogens (tertiary/aromatic N) is 3. The third-order valence-corrected chi connectivity index (χ3v) is 4.51. The fourth-order valence-electron chi connectivity index (χ4n) is 3.22. The Morgan fingerprint density at radius 2 is 2.04 bits per heavy atom. The molecule has 2 aromatic heterocycles. The first-order chi connectivity index (χ1) is 11.8. The van der Waals surface area contributed by atoms with Gasteiger partial charge in [0.05, 0.1) is 12.3 Å². The second-order valence-electron chi connectivity index (χ2n) is 6.34. The second kappa shape index (κ2) is 8.15. The molecule has 2 aromatic rings. The van der Waals surface area contributed by atoms with Crippen molar-refractivity contribution < 1.29 is 9.53 Å². The largest absolute Gasteiger partial charge is 0.378 e. The Bertz CT molecular complexity index is 642. The molecule has 3 rings (SSSR count). The maximum Gasteiger partial charge on any atom is 0.256 e. The van der Waals surface area contributed by atoms with Crippen molar-refractivity contribution in [3.8, 4) is 5.82 Å². The molecule has 130 valence electrons. The van der Waals surface area contributed by atoms with Crippen molar-refractivity contribution in [2.45, 2.75) is 44.6 Å². The van der Waals surface area contributed by atoms with Crippen LogP contribution in [0.4, 0.5) is 0 Å². The van der Waals surface area contributed by atoms with E-state index in [9.17, 15) is 4.79 Å². The Morgan fingerprint density at radius 1 is 1.29 bits per heavy atom. The van der Waals surface area contributed by atoms with Gasteiger partial charge in [-0.3, -0.25) is 9.48 Å². The van der Waals surface area contributed by atoms with Crippen molar-refractivity contribution in [3.05, 3.63) is 36.3 Å². The fraction of sp³-hybridized carbons (Fsp3) is 0.556. The smallest absolute Gasteiger partial charge is 0.256 e. The molecule has 0 spiro atoms. The van der Waals surface area contributed by atoms with Crippen LogP contribution in [0.5, 0.6) is 0 Å². The van der Waals surface area contributed by atoms with E-state index in [0.717, 1.165) is 12.2 Å². The molecule has 0 atom stereocenters. The van der Waals surface area contributed by atoms with Crippen LogP contribution in [0.1, 0.15) is 48.9 Å². The van der Waals surface area contributed by atoms with Crippen LogP contribution < -0.4 is 5.32 Å². The lowest BCUT2D eigenvalue weighted by Gasteiger charge is -2.21. The zero-order chi connectivity index (χ0) is 16.8. The van der Waals surface area contributed by atoms with Gasteiger partial charge in [-0.05, 0) is 31.4 Å². The molecule has 0 unspecified atom stereocenters. The van der Waals surface area contributed by atoms with Crippen LogP contribution in [0.15, 0.2) is 30.7 Å². The van der Waals surface area contributed by atoms with Crippen molar-refractivity contribution >= 4 is 5.91 Å². The monoisotopic (exact) mass is 330 g/mol. The summed E-state index contributed by atoms with van der Waals surface area (Å²) in [7, 11) is 1.84. The summed E-state index contributed by atoms with van der Waals surface area (Å²) in [5.74, 6) is 0.681. The number of nitrogens with one attached hydrogen (secondary N) is 1. The van der Waals surface area contributed by atoms with E-state index in [4.69, 9.17) is 4.74 Å². The number of carbonyl (C=O) groups excluding carboxylic acids is 1. The molecule has 1 aliphatic rings. The number of ether oxygens (including phenoxy) is 1. The molecule has 1 aliphatic carbocycles. The van der Waals surface area contributed by atoms with Gasteiger partial charge >= 0.3 is 0 Å². The van der Waals surface area contributed by atoms with Gasteiger partial charge in [0.15, 0.2) is 0 Å². The van der Waals surface area contributed by atoms with Gasteiger partial charge in [-0.2, -0.15) is 5.10 Å². The summed E-state index contributed by atoms with van der Waals surface area (Å²) in [4.78, 5) is 12.4. The lowest BCUT2D eigenvalue weighted by atomic mass is 9.98. The SMILES string of the molecule is Cn1ncc(C(=O)NCCCOC2CCCCC2)c1-n1cccc1. The minimum Gasteiger partial charge on any atom is -0.378 e. The van der Waals surface area contributed by atoms with Gasteiger partial charge in [-0.15, -0.1) is 0 Å². The standard InChI is InChI=1S/C18H26N4O2/c1-21-18(22-11-5-6-12-22)16(14-20-21)17(23)19-10-7-13-24-15-8-3-2-4-9-15/h5-6,11-12,14-15H,2-4,7-10,13H2,1H3,(H,19,23). The topological polar surface area (TPSA) is 61.1 Å². The summed E-state index contributed by atoms with van der Waals surface area (Å²) < 4.78 is 9.49. The molecular weight excluding hydrogens is 304 g/mol. The summed E-state index contributed by atoms with van der Waals surface area (Å²) in [6.45, 7) is 1.33. The molecular formula is C18H26N4O2. The van der Waals surface area contributed by atoms with Crippen LogP contribution in [0.25, 0.3) is 5.82 Å². The molecule has 0 aliphatic heterocycles. The Hall–Kier alpha value is -2.08. The number of hydrogen-bond acceptors (Lipinski definition) is 3. The minimum atomic E-state index is -0.0931. The van der Waals surface area contributed by atoms with Crippen LogP contribution in [-0.2, 0) is 11.8 Å². The third kappa shape index (κ3) is 4.06. The molecule has 24 heavy (non-hydrogen) atoms. The molecule has 0 aromatic carbocycles. The summed E-state index contributed by atoms with van der Waals surface area (Å²) in [6.07, 6.45) is 13.0. The van der Waals surface area contributed by atoms with Crippen LogP contribution >= 0.6 is 0 Å². The van der Waals surface area contributed by atoms with E-state index in [1.54, 1.807) is 10.9 Å². The summed E-state index contributed by atoms with van der Waals surface area (Å²) in [5, 5.41) is 7.18. The fourth-order valence-corrected chi connectivity index (χ4v) is 3.22. The van der Waals surface area contributed by atoms with Gasteiger partial charge in [0.25, 0.3) is 5.91 Å². The molecule has 0 radical (unpaired) electrons. The predicted molar refractivity (Wildman–Crippen MR) is 92.3 cm³/mol. The van der Waals surface area contributed by atoms with Crippen molar-refractivity contribution in [2.24, 2.45) is 7.05 Å². The Kier molecular flexibility index (Phi) is 5.69. The first-order valence-electron chi connectivity index (χ1n) is 8.81. The van der Waals surface area contributed by atoms with Crippen molar-refractivity contribution in [1.29, 1.82) is 0 Å². The second-order valence-corrected chi connectivity index (χ2v) is 6.34. The summed E-state index contributed by atoms with van der Waals surface area (Å²) in [5.41, 5.74) is 0.585. The Balaban J connectivity index is 1.46. The van der Waals surface area contributed by atoms with Gasteiger partial charge in [-0.25, -0.2) is 0 Å². The third-order valence-electron chi connectivity index (χ3n) is 4.51. The highest BCUT2D eigenvalue weighted by atomic mass is 16.5. The van der Waals surface area contributed by atoms with E-state index in [-0.39, 0.29) is 5.91 Å². The number of rotatable bonds is 7. The van der Waals surface area contributed by atoms with Gasteiger partial charge in [0, 0.05) is 32.6 Å². The van der Waals surface area contributed by atoms with Gasteiger partial charge in [0.2, 0.25) is 0 Å². The molecule has 2 heterocycles. The van der Waals surface area contributed by atoms with E-state index in [0.29, 0.717) is 24.8 Å². The van der Waals surface area contributed by atoms with E-state index < -0.39 is 0 Å². The molecule has 1 saturated carbocycles. The number of aromatic nitrogens is 3. The maximum absolute atomic E-state index is 12.4. The first kappa shape index (κ1) is 16.8. The molecule has 6 nitrogen and oxygen atoms in total. The first-order valence-corrected chi connectivity index (χ1v) is 8.81. The van der Waals surface area contributed by atoms with Crippen LogP contribution in [-0.4, -0.2) is 39.5 Å². The van der Waals surface area contributed by atoms with Crippen molar-refractivity contribution in [2.75, 3.05) is 13.2 Å². The van der Waals surface area contributed by atoms with E-state index in [1.165, 1.54) is 32.1 Å². The van der Waals surface area contributed by atoms with Crippen LogP contribution in [0.2, 0.25) is 0 Å². The van der Waals surface area contributed by atoms with Crippen LogP contribution in [0.3, 0.4) is 0 Å². The number of carbonyl (C=O) groups is 1. The van der Waals surface area contributed by atoms with E-state index in [2.05, 4.69) is 10.4 Å². The van der Waals surface area contributed by atoms with Crippen molar-refractivity contribution in [1.82, 2.24) is 19.7 Å². The highest BCUT2D eigenvalue weighted by molar-refractivity contribution is 5.97. The number of hydrogen-bond donors (Lipinski definition) is 1. The number of aryl methyl sites for hydroxylation is 1. The minimum absolute atomic E-state index is 0.0931. The lowest BCUT2D eigenvalue weighted by molar-refractivity contribution is 0.0273. The molecule has 0 saturated heterocycles. The normalized spacial score (nSPS) is 15.5. The van der Waals surface area contributed by atoms with Gasteiger partial charge in [-0.1, -0.05) is 19.3 Å². The highest BCUT2D eigenvalue weighted by Crippen LogP contribution is 2.20. The summed E-state index contributed by atoms with van der Waals surface area (Å²) in [6, 6.07) is 3.86. The highest BCUT2D eigenvalue weighted by Gasteiger charge is 2.17. The van der Waals surface area contributed by atoms with Crippen molar-refractivity contribution in [3.63, 3.8) is 0 Å². The molecule has 1 amide bonds. The molecule has 1 fully saturated rings. The molecule has 0 bridgehead atoms. The van der Waals surface area contributed by atoms with E-state index >= 15 is 0 Å². The average Bonchev–Trinajstić information content (AvgIpc) is 3.24.